The Labute approximate surface area is 129 Å². The molecule has 1 atom stereocenters. The van der Waals surface area contributed by atoms with E-state index in [0.717, 1.165) is 11.1 Å². The monoisotopic (exact) mass is 291 g/mol. The standard InChI is InChI=1S/C19H17NO2/c21-17-11-12-20(18(14-17)16-9-5-2-6-10-16)19(22)13-15-7-3-1-4-8-15/h1-12,18H,13-14H2. The quantitative estimate of drug-likeness (QED) is 0.870. The molecule has 0 N–H and O–H groups in total. The molecule has 2 aromatic rings. The molecule has 0 radical (unpaired) electrons. The van der Waals surface area contributed by atoms with Crippen molar-refractivity contribution in [2.24, 2.45) is 0 Å². The summed E-state index contributed by atoms with van der Waals surface area (Å²) in [5.74, 6) is 0.0569. The lowest BCUT2D eigenvalue weighted by atomic mass is 9.96. The molecular formula is C19H17NO2. The minimum absolute atomic E-state index is 0.00352. The Morgan fingerprint density at radius 1 is 1.00 bits per heavy atom. The van der Waals surface area contributed by atoms with Gasteiger partial charge in [0.2, 0.25) is 5.91 Å². The zero-order valence-corrected chi connectivity index (χ0v) is 12.2. The lowest BCUT2D eigenvalue weighted by molar-refractivity contribution is -0.131. The first-order valence-corrected chi connectivity index (χ1v) is 7.35. The van der Waals surface area contributed by atoms with E-state index in [1.165, 1.54) is 6.08 Å². The number of nitrogens with zero attached hydrogens (tertiary/aromatic N) is 1. The summed E-state index contributed by atoms with van der Waals surface area (Å²) in [5, 5.41) is 0. The van der Waals surface area contributed by atoms with E-state index in [4.69, 9.17) is 0 Å². The molecule has 0 fully saturated rings. The molecular weight excluding hydrogens is 274 g/mol. The van der Waals surface area contributed by atoms with Crippen LogP contribution in [0.15, 0.2) is 72.9 Å². The average molecular weight is 291 g/mol. The molecule has 1 unspecified atom stereocenters. The van der Waals surface area contributed by atoms with Gasteiger partial charge in [0.25, 0.3) is 0 Å². The smallest absolute Gasteiger partial charge is 0.231 e. The van der Waals surface area contributed by atoms with E-state index in [9.17, 15) is 9.59 Å². The topological polar surface area (TPSA) is 37.4 Å². The minimum atomic E-state index is -0.213. The molecule has 0 aromatic heterocycles. The van der Waals surface area contributed by atoms with Gasteiger partial charge in [0, 0.05) is 12.6 Å². The number of rotatable bonds is 3. The van der Waals surface area contributed by atoms with Crippen LogP contribution in [0.1, 0.15) is 23.6 Å². The Kier molecular flexibility index (Phi) is 4.15. The fourth-order valence-electron chi connectivity index (χ4n) is 2.70. The molecule has 22 heavy (non-hydrogen) atoms. The molecule has 1 amide bonds. The van der Waals surface area contributed by atoms with Crippen LogP contribution in [0.3, 0.4) is 0 Å². The van der Waals surface area contributed by atoms with Gasteiger partial charge in [-0.2, -0.15) is 0 Å². The van der Waals surface area contributed by atoms with Crippen LogP contribution in [0.25, 0.3) is 0 Å². The number of benzene rings is 2. The van der Waals surface area contributed by atoms with Gasteiger partial charge >= 0.3 is 0 Å². The molecule has 2 aromatic carbocycles. The van der Waals surface area contributed by atoms with Crippen molar-refractivity contribution >= 4 is 11.7 Å². The maximum atomic E-state index is 12.6. The van der Waals surface area contributed by atoms with Crippen molar-refractivity contribution in [3.05, 3.63) is 84.1 Å². The van der Waals surface area contributed by atoms with Crippen LogP contribution >= 0.6 is 0 Å². The van der Waals surface area contributed by atoms with Crippen LogP contribution in [0.5, 0.6) is 0 Å². The van der Waals surface area contributed by atoms with Crippen molar-refractivity contribution in [1.29, 1.82) is 0 Å². The highest BCUT2D eigenvalue weighted by Gasteiger charge is 2.28. The summed E-state index contributed by atoms with van der Waals surface area (Å²) in [6, 6.07) is 19.1. The van der Waals surface area contributed by atoms with E-state index in [0.29, 0.717) is 12.8 Å². The van der Waals surface area contributed by atoms with Crippen LogP contribution < -0.4 is 0 Å². The fourth-order valence-corrected chi connectivity index (χ4v) is 2.70. The number of carbonyl (C=O) groups excluding carboxylic acids is 2. The Hall–Kier alpha value is -2.68. The average Bonchev–Trinajstić information content (AvgIpc) is 2.56. The first-order chi connectivity index (χ1) is 10.7. The second kappa shape index (κ2) is 6.39. The van der Waals surface area contributed by atoms with Crippen LogP contribution in [0, 0.1) is 0 Å². The molecule has 1 heterocycles. The third-order valence-corrected chi connectivity index (χ3v) is 3.82. The predicted octanol–water partition coefficient (Wildman–Crippen LogP) is 3.29. The molecule has 0 bridgehead atoms. The Morgan fingerprint density at radius 3 is 2.32 bits per heavy atom. The Balaban J connectivity index is 1.84. The van der Waals surface area contributed by atoms with E-state index >= 15 is 0 Å². The lowest BCUT2D eigenvalue weighted by Gasteiger charge is -2.31. The largest absolute Gasteiger partial charge is 0.311 e. The summed E-state index contributed by atoms with van der Waals surface area (Å²) in [6.45, 7) is 0. The van der Waals surface area contributed by atoms with Crippen LogP contribution in [0.2, 0.25) is 0 Å². The van der Waals surface area contributed by atoms with Crippen molar-refractivity contribution in [1.82, 2.24) is 4.90 Å². The Bertz CT molecular complexity index is 692. The van der Waals surface area contributed by atoms with Gasteiger partial charge < -0.3 is 4.90 Å². The van der Waals surface area contributed by atoms with E-state index in [2.05, 4.69) is 0 Å². The van der Waals surface area contributed by atoms with Gasteiger partial charge in [-0.25, -0.2) is 0 Å². The normalized spacial score (nSPS) is 17.5. The van der Waals surface area contributed by atoms with Crippen molar-refractivity contribution in [3.8, 4) is 0 Å². The zero-order valence-electron chi connectivity index (χ0n) is 12.2. The molecule has 0 spiro atoms. The highest BCUT2D eigenvalue weighted by atomic mass is 16.2. The highest BCUT2D eigenvalue weighted by Crippen LogP contribution is 2.28. The van der Waals surface area contributed by atoms with E-state index in [1.807, 2.05) is 60.7 Å². The fraction of sp³-hybridized carbons (Fsp3) is 0.158. The molecule has 0 saturated carbocycles. The van der Waals surface area contributed by atoms with Crippen molar-refractivity contribution < 1.29 is 9.59 Å². The van der Waals surface area contributed by atoms with Crippen LogP contribution in [-0.2, 0) is 16.0 Å². The third-order valence-electron chi connectivity index (χ3n) is 3.82. The van der Waals surface area contributed by atoms with Gasteiger partial charge in [0.15, 0.2) is 5.78 Å². The van der Waals surface area contributed by atoms with E-state index in [1.54, 1.807) is 11.1 Å². The molecule has 3 heteroatoms. The van der Waals surface area contributed by atoms with Gasteiger partial charge in [-0.15, -0.1) is 0 Å². The summed E-state index contributed by atoms with van der Waals surface area (Å²) in [4.78, 5) is 26.1. The van der Waals surface area contributed by atoms with E-state index in [-0.39, 0.29) is 17.7 Å². The summed E-state index contributed by atoms with van der Waals surface area (Å²) in [6.07, 6.45) is 3.78. The van der Waals surface area contributed by atoms with Crippen LogP contribution in [0.4, 0.5) is 0 Å². The lowest BCUT2D eigenvalue weighted by Crippen LogP contribution is -2.35. The summed E-state index contributed by atoms with van der Waals surface area (Å²) in [7, 11) is 0. The first-order valence-electron chi connectivity index (χ1n) is 7.35. The van der Waals surface area contributed by atoms with Gasteiger partial charge in [-0.3, -0.25) is 9.59 Å². The summed E-state index contributed by atoms with van der Waals surface area (Å²) < 4.78 is 0. The first kappa shape index (κ1) is 14.3. The predicted molar refractivity (Wildman–Crippen MR) is 84.9 cm³/mol. The van der Waals surface area contributed by atoms with Gasteiger partial charge in [0.05, 0.1) is 12.5 Å². The number of hydrogen-bond acceptors (Lipinski definition) is 2. The van der Waals surface area contributed by atoms with Crippen molar-refractivity contribution in [2.45, 2.75) is 18.9 Å². The number of allylic oxidation sites excluding steroid dienone is 1. The molecule has 1 aliphatic heterocycles. The number of amides is 1. The van der Waals surface area contributed by atoms with Gasteiger partial charge in [-0.1, -0.05) is 60.7 Å². The highest BCUT2D eigenvalue weighted by molar-refractivity contribution is 5.93. The molecule has 3 rings (SSSR count). The number of ketones is 1. The molecule has 1 aliphatic rings. The molecule has 110 valence electrons. The van der Waals surface area contributed by atoms with Crippen molar-refractivity contribution in [3.63, 3.8) is 0 Å². The summed E-state index contributed by atoms with van der Waals surface area (Å²) >= 11 is 0. The second-order valence-electron chi connectivity index (χ2n) is 5.38. The third kappa shape index (κ3) is 3.14. The zero-order chi connectivity index (χ0) is 15.4. The molecule has 0 aliphatic carbocycles. The van der Waals surface area contributed by atoms with Crippen molar-refractivity contribution in [2.75, 3.05) is 0 Å². The number of carbonyl (C=O) groups is 2. The minimum Gasteiger partial charge on any atom is -0.311 e. The Morgan fingerprint density at radius 2 is 1.64 bits per heavy atom. The maximum Gasteiger partial charge on any atom is 0.231 e. The summed E-state index contributed by atoms with van der Waals surface area (Å²) in [5.41, 5.74) is 1.96. The second-order valence-corrected chi connectivity index (χ2v) is 5.38. The van der Waals surface area contributed by atoms with Crippen LogP contribution in [-0.4, -0.2) is 16.6 Å². The van der Waals surface area contributed by atoms with Gasteiger partial charge in [0.1, 0.15) is 0 Å². The van der Waals surface area contributed by atoms with E-state index < -0.39 is 0 Å². The maximum absolute atomic E-state index is 12.6. The van der Waals surface area contributed by atoms with Gasteiger partial charge in [-0.05, 0) is 17.2 Å². The molecule has 0 saturated heterocycles. The number of hydrogen-bond donors (Lipinski definition) is 0. The SMILES string of the molecule is O=C1C=CN(C(=O)Cc2ccccc2)C(c2ccccc2)C1. The molecule has 3 nitrogen and oxygen atoms in total.